The van der Waals surface area contributed by atoms with Crippen molar-refractivity contribution in [2.75, 3.05) is 37.6 Å². The van der Waals surface area contributed by atoms with Crippen molar-refractivity contribution in [1.29, 1.82) is 0 Å². The van der Waals surface area contributed by atoms with Crippen LogP contribution in [0.2, 0.25) is 0 Å². The summed E-state index contributed by atoms with van der Waals surface area (Å²) in [6.07, 6.45) is 0. The lowest BCUT2D eigenvalue weighted by molar-refractivity contribution is 0.553. The van der Waals surface area contributed by atoms with E-state index in [-0.39, 0.29) is 5.92 Å². The molecule has 1 saturated heterocycles. The highest BCUT2D eigenvalue weighted by atomic mass is 15.6. The van der Waals surface area contributed by atoms with Crippen molar-refractivity contribution >= 4 is 22.8 Å². The highest BCUT2D eigenvalue weighted by Gasteiger charge is 2.25. The van der Waals surface area contributed by atoms with Crippen LogP contribution in [0.5, 0.6) is 0 Å². The summed E-state index contributed by atoms with van der Waals surface area (Å²) in [5.41, 5.74) is 3.80. The van der Waals surface area contributed by atoms with E-state index in [1.807, 2.05) is 6.92 Å². The zero-order valence-electron chi connectivity index (χ0n) is 16.6. The van der Waals surface area contributed by atoms with E-state index in [0.29, 0.717) is 0 Å². The first kappa shape index (κ1) is 17.9. The van der Waals surface area contributed by atoms with Crippen LogP contribution in [0.15, 0.2) is 34.4 Å². The van der Waals surface area contributed by atoms with Crippen LogP contribution in [-0.4, -0.2) is 63.9 Å². The molecule has 0 unspecified atom stereocenters. The molecule has 142 valence electrons. The minimum Gasteiger partial charge on any atom is -0.371 e. The SMILES string of the molecule is CCN(CCN1CC1)c1ccc(N=C2C(C)=Nn3nc(C(C)C)nc32)cc1. The molecule has 0 N–H and O–H groups in total. The third-order valence-corrected chi connectivity index (χ3v) is 4.99. The topological polar surface area (TPSA) is 61.7 Å². The minimum absolute atomic E-state index is 0.270. The van der Waals surface area contributed by atoms with Crippen LogP contribution >= 0.6 is 0 Å². The Kier molecular flexibility index (Phi) is 4.78. The number of benzene rings is 1. The van der Waals surface area contributed by atoms with Gasteiger partial charge in [0.05, 0.1) is 11.4 Å². The van der Waals surface area contributed by atoms with Gasteiger partial charge in [-0.1, -0.05) is 13.8 Å². The molecule has 27 heavy (non-hydrogen) atoms. The monoisotopic (exact) mass is 365 g/mol. The van der Waals surface area contributed by atoms with Gasteiger partial charge in [-0.05, 0) is 38.1 Å². The van der Waals surface area contributed by atoms with E-state index in [4.69, 9.17) is 4.99 Å². The van der Waals surface area contributed by atoms with Crippen molar-refractivity contribution in [2.24, 2.45) is 10.1 Å². The number of fused-ring (bicyclic) bond motifs is 1. The maximum absolute atomic E-state index is 4.80. The molecular weight excluding hydrogens is 338 g/mol. The van der Waals surface area contributed by atoms with E-state index in [0.717, 1.165) is 48.4 Å². The molecule has 0 spiro atoms. The van der Waals surface area contributed by atoms with E-state index in [9.17, 15) is 0 Å². The van der Waals surface area contributed by atoms with E-state index >= 15 is 0 Å². The summed E-state index contributed by atoms with van der Waals surface area (Å²) in [5, 5.41) is 8.90. The van der Waals surface area contributed by atoms with Gasteiger partial charge < -0.3 is 4.90 Å². The van der Waals surface area contributed by atoms with Crippen molar-refractivity contribution < 1.29 is 0 Å². The fourth-order valence-corrected chi connectivity index (χ4v) is 3.16. The van der Waals surface area contributed by atoms with Gasteiger partial charge in [0.1, 0.15) is 5.71 Å². The average molecular weight is 365 g/mol. The predicted molar refractivity (Wildman–Crippen MR) is 110 cm³/mol. The number of aliphatic imine (C=N–C) groups is 1. The largest absolute Gasteiger partial charge is 0.371 e. The van der Waals surface area contributed by atoms with Gasteiger partial charge in [-0.2, -0.15) is 5.10 Å². The second-order valence-corrected chi connectivity index (χ2v) is 7.42. The van der Waals surface area contributed by atoms with E-state index in [1.54, 1.807) is 4.79 Å². The van der Waals surface area contributed by atoms with Gasteiger partial charge in [0.15, 0.2) is 5.82 Å². The zero-order chi connectivity index (χ0) is 19.0. The van der Waals surface area contributed by atoms with Gasteiger partial charge in [0, 0.05) is 44.3 Å². The maximum Gasteiger partial charge on any atom is 0.204 e. The molecule has 0 saturated carbocycles. The number of rotatable bonds is 7. The molecule has 7 nitrogen and oxygen atoms in total. The van der Waals surface area contributed by atoms with Gasteiger partial charge >= 0.3 is 0 Å². The standard InChI is InChI=1S/C20H27N7/c1-5-26(13-12-25-10-11-25)17-8-6-16(7-9-17)21-18-15(4)23-27-20(18)22-19(24-27)14(2)3/h6-9,14H,5,10-13H2,1-4H3. The lowest BCUT2D eigenvalue weighted by Gasteiger charge is -2.23. The zero-order valence-corrected chi connectivity index (χ0v) is 16.6. The Hall–Kier alpha value is -2.54. The van der Waals surface area contributed by atoms with E-state index in [1.165, 1.54) is 18.8 Å². The summed E-state index contributed by atoms with van der Waals surface area (Å²) in [5.74, 6) is 1.80. The van der Waals surface area contributed by atoms with Crippen molar-refractivity contribution in [2.45, 2.75) is 33.6 Å². The summed E-state index contributed by atoms with van der Waals surface area (Å²) in [6.45, 7) is 14.0. The second-order valence-electron chi connectivity index (χ2n) is 7.42. The van der Waals surface area contributed by atoms with Crippen LogP contribution in [0, 0.1) is 0 Å². The molecule has 0 radical (unpaired) electrons. The summed E-state index contributed by atoms with van der Waals surface area (Å²) in [7, 11) is 0. The maximum atomic E-state index is 4.80. The molecule has 7 heteroatoms. The van der Waals surface area contributed by atoms with Crippen LogP contribution in [-0.2, 0) is 0 Å². The highest BCUT2D eigenvalue weighted by molar-refractivity contribution is 6.48. The van der Waals surface area contributed by atoms with Gasteiger partial charge in [-0.15, -0.1) is 9.89 Å². The Bertz CT molecular complexity index is 872. The second kappa shape index (κ2) is 7.23. The van der Waals surface area contributed by atoms with Crippen LogP contribution in [0.4, 0.5) is 11.4 Å². The molecule has 2 aliphatic rings. The first-order chi connectivity index (χ1) is 13.0. The normalized spacial score (nSPS) is 17.5. The van der Waals surface area contributed by atoms with Crippen LogP contribution in [0.25, 0.3) is 0 Å². The third-order valence-electron chi connectivity index (χ3n) is 4.99. The van der Waals surface area contributed by atoms with Crippen LogP contribution < -0.4 is 4.90 Å². The Labute approximate surface area is 160 Å². The molecule has 2 aromatic rings. The number of hydrogen-bond donors (Lipinski definition) is 0. The van der Waals surface area contributed by atoms with Gasteiger partial charge in [-0.3, -0.25) is 4.90 Å². The summed E-state index contributed by atoms with van der Waals surface area (Å²) >= 11 is 0. The van der Waals surface area contributed by atoms with E-state index in [2.05, 4.69) is 70.0 Å². The summed E-state index contributed by atoms with van der Waals surface area (Å²) in [6, 6.07) is 8.43. The van der Waals surface area contributed by atoms with Crippen molar-refractivity contribution in [3.63, 3.8) is 0 Å². The quantitative estimate of drug-likeness (QED) is 0.708. The molecule has 1 aromatic carbocycles. The van der Waals surface area contributed by atoms with Gasteiger partial charge in [0.25, 0.3) is 0 Å². The molecule has 4 rings (SSSR count). The lowest BCUT2D eigenvalue weighted by atomic mass is 10.2. The Balaban J connectivity index is 1.53. The Morgan fingerprint density at radius 3 is 2.56 bits per heavy atom. The van der Waals surface area contributed by atoms with Crippen molar-refractivity contribution in [3.05, 3.63) is 35.9 Å². The fraction of sp³-hybridized carbons (Fsp3) is 0.500. The van der Waals surface area contributed by atoms with Gasteiger partial charge in [-0.25, -0.2) is 9.98 Å². The first-order valence-corrected chi connectivity index (χ1v) is 9.74. The molecule has 0 bridgehead atoms. The lowest BCUT2D eigenvalue weighted by Crippen LogP contribution is -2.28. The Morgan fingerprint density at radius 1 is 1.19 bits per heavy atom. The smallest absolute Gasteiger partial charge is 0.204 e. The number of likely N-dealkylation sites (N-methyl/N-ethyl adjacent to an activating group) is 1. The predicted octanol–water partition coefficient (Wildman–Crippen LogP) is 2.90. The molecule has 0 amide bonds. The fourth-order valence-electron chi connectivity index (χ4n) is 3.16. The molecule has 2 aliphatic heterocycles. The summed E-state index contributed by atoms with van der Waals surface area (Å²) in [4.78, 5) is 15.9. The van der Waals surface area contributed by atoms with Gasteiger partial charge in [0.2, 0.25) is 5.82 Å². The first-order valence-electron chi connectivity index (χ1n) is 9.74. The van der Waals surface area contributed by atoms with Crippen LogP contribution in [0.3, 0.4) is 0 Å². The molecule has 0 atom stereocenters. The summed E-state index contributed by atoms with van der Waals surface area (Å²) < 4.78 is 0. The molecule has 1 aromatic heterocycles. The highest BCUT2D eigenvalue weighted by Crippen LogP contribution is 2.23. The molecule has 3 heterocycles. The number of aromatic nitrogens is 3. The Morgan fingerprint density at radius 2 is 1.93 bits per heavy atom. The minimum atomic E-state index is 0.270. The molecule has 0 aliphatic carbocycles. The van der Waals surface area contributed by atoms with E-state index < -0.39 is 0 Å². The van der Waals surface area contributed by atoms with Crippen LogP contribution in [0.1, 0.15) is 45.3 Å². The number of nitrogens with zero attached hydrogens (tertiary/aromatic N) is 7. The average Bonchev–Trinajstić information content (AvgIpc) is 3.32. The number of anilines is 1. The van der Waals surface area contributed by atoms with Crippen molar-refractivity contribution in [1.82, 2.24) is 19.8 Å². The number of hydrogen-bond acceptors (Lipinski definition) is 6. The molecular formula is C20H27N7. The van der Waals surface area contributed by atoms with Crippen molar-refractivity contribution in [3.8, 4) is 0 Å². The molecule has 1 fully saturated rings. The third kappa shape index (κ3) is 3.78.